The Balaban J connectivity index is 2.65. The third kappa shape index (κ3) is 2.67. The van der Waals surface area contributed by atoms with E-state index in [-0.39, 0.29) is 0 Å². The Morgan fingerprint density at radius 2 is 2.17 bits per heavy atom. The Kier molecular flexibility index (Phi) is 3.30. The van der Waals surface area contributed by atoms with Crippen molar-refractivity contribution in [2.75, 3.05) is 0 Å². The van der Waals surface area contributed by atoms with Crippen LogP contribution in [0.15, 0.2) is 24.5 Å². The molecule has 12 heavy (non-hydrogen) atoms. The Hall–Kier alpha value is -0.820. The molecule has 0 aliphatic carbocycles. The highest BCUT2D eigenvalue weighted by molar-refractivity contribution is 7.74. The molecular weight excluding hydrogens is 180 g/mol. The van der Waals surface area contributed by atoms with Crippen LogP contribution in [0.3, 0.4) is 0 Å². The SMILES string of the molecule is NC(OS(=O)O)c1ccncc1. The maximum atomic E-state index is 10.2. The molecule has 0 spiro atoms. The molecule has 0 aliphatic rings. The van der Waals surface area contributed by atoms with E-state index in [9.17, 15) is 4.21 Å². The van der Waals surface area contributed by atoms with Gasteiger partial charge in [0.2, 0.25) is 0 Å². The zero-order valence-corrected chi connectivity index (χ0v) is 6.90. The molecule has 0 fully saturated rings. The van der Waals surface area contributed by atoms with Crippen LogP contribution in [-0.2, 0) is 15.5 Å². The lowest BCUT2D eigenvalue weighted by Gasteiger charge is -2.07. The topological polar surface area (TPSA) is 85.4 Å². The van der Waals surface area contributed by atoms with E-state index in [4.69, 9.17) is 10.3 Å². The maximum Gasteiger partial charge on any atom is 0.303 e. The highest BCUT2D eigenvalue weighted by Crippen LogP contribution is 2.09. The molecular formula is C6H8N2O3S. The van der Waals surface area contributed by atoms with Crippen LogP contribution >= 0.6 is 0 Å². The molecule has 0 amide bonds. The average Bonchev–Trinajstić information content (AvgIpc) is 2.05. The van der Waals surface area contributed by atoms with Gasteiger partial charge in [0.15, 0.2) is 6.23 Å². The van der Waals surface area contributed by atoms with Crippen molar-refractivity contribution >= 4 is 11.4 Å². The largest absolute Gasteiger partial charge is 0.303 e. The maximum absolute atomic E-state index is 10.2. The molecule has 1 aromatic heterocycles. The first-order chi connectivity index (χ1) is 5.70. The molecule has 0 aliphatic heterocycles. The average molecular weight is 188 g/mol. The van der Waals surface area contributed by atoms with Crippen LogP contribution in [0.5, 0.6) is 0 Å². The molecule has 1 heterocycles. The van der Waals surface area contributed by atoms with Crippen LogP contribution < -0.4 is 5.73 Å². The normalized spacial score (nSPS) is 15.5. The predicted octanol–water partition coefficient (Wildman–Crippen LogP) is 0.192. The Morgan fingerprint density at radius 1 is 1.58 bits per heavy atom. The first kappa shape index (κ1) is 9.27. The van der Waals surface area contributed by atoms with Gasteiger partial charge in [0, 0.05) is 12.4 Å². The summed E-state index contributed by atoms with van der Waals surface area (Å²) in [5, 5.41) is 0. The van der Waals surface area contributed by atoms with Crippen molar-refractivity contribution in [3.8, 4) is 0 Å². The van der Waals surface area contributed by atoms with Gasteiger partial charge >= 0.3 is 11.4 Å². The van der Waals surface area contributed by atoms with E-state index >= 15 is 0 Å². The lowest BCUT2D eigenvalue weighted by molar-refractivity contribution is 0.215. The highest BCUT2D eigenvalue weighted by Gasteiger charge is 2.07. The predicted molar refractivity (Wildman–Crippen MR) is 43.0 cm³/mol. The summed E-state index contributed by atoms with van der Waals surface area (Å²) in [6.07, 6.45) is 2.16. The Labute approximate surface area is 72.1 Å². The lowest BCUT2D eigenvalue weighted by Crippen LogP contribution is -2.15. The zero-order valence-electron chi connectivity index (χ0n) is 6.08. The fraction of sp³-hybridized carbons (Fsp3) is 0.167. The van der Waals surface area contributed by atoms with E-state index in [1.165, 1.54) is 12.4 Å². The fourth-order valence-corrected chi connectivity index (χ4v) is 0.986. The van der Waals surface area contributed by atoms with Gasteiger partial charge in [0.05, 0.1) is 0 Å². The summed E-state index contributed by atoms with van der Waals surface area (Å²) < 4.78 is 22.9. The minimum atomic E-state index is -2.34. The van der Waals surface area contributed by atoms with Crippen molar-refractivity contribution in [2.45, 2.75) is 6.23 Å². The molecule has 2 atom stereocenters. The molecule has 0 saturated carbocycles. The second-order valence-corrected chi connectivity index (χ2v) is 2.64. The van der Waals surface area contributed by atoms with Crippen LogP contribution in [0.4, 0.5) is 0 Å². The lowest BCUT2D eigenvalue weighted by atomic mass is 10.2. The quantitative estimate of drug-likeness (QED) is 0.522. The van der Waals surface area contributed by atoms with Crippen LogP contribution in [0, 0.1) is 0 Å². The van der Waals surface area contributed by atoms with Crippen LogP contribution in [0.1, 0.15) is 11.8 Å². The molecule has 1 rings (SSSR count). The zero-order chi connectivity index (χ0) is 8.97. The second-order valence-electron chi connectivity index (χ2n) is 2.01. The summed E-state index contributed by atoms with van der Waals surface area (Å²) in [5.74, 6) is 0. The van der Waals surface area contributed by atoms with E-state index in [1.807, 2.05) is 0 Å². The van der Waals surface area contributed by atoms with E-state index in [0.717, 1.165) is 0 Å². The summed E-state index contributed by atoms with van der Waals surface area (Å²) in [6.45, 7) is 0. The summed E-state index contributed by atoms with van der Waals surface area (Å²) in [7, 11) is 0. The van der Waals surface area contributed by atoms with Gasteiger partial charge in [-0.25, -0.2) is 4.18 Å². The Morgan fingerprint density at radius 3 is 2.67 bits per heavy atom. The summed E-state index contributed by atoms with van der Waals surface area (Å²) in [5.41, 5.74) is 6.00. The minimum Gasteiger partial charge on any atom is -0.301 e. The molecule has 0 aromatic carbocycles. The molecule has 0 bridgehead atoms. The van der Waals surface area contributed by atoms with Crippen molar-refractivity contribution in [1.29, 1.82) is 0 Å². The van der Waals surface area contributed by atoms with Crippen molar-refractivity contribution in [3.63, 3.8) is 0 Å². The van der Waals surface area contributed by atoms with Crippen molar-refractivity contribution in [3.05, 3.63) is 30.1 Å². The first-order valence-electron chi connectivity index (χ1n) is 3.13. The van der Waals surface area contributed by atoms with Crippen LogP contribution in [0.2, 0.25) is 0 Å². The van der Waals surface area contributed by atoms with Gasteiger partial charge in [0.1, 0.15) is 0 Å². The highest BCUT2D eigenvalue weighted by atomic mass is 32.2. The van der Waals surface area contributed by atoms with Gasteiger partial charge < -0.3 is 5.73 Å². The fourth-order valence-electron chi connectivity index (χ4n) is 0.697. The van der Waals surface area contributed by atoms with Gasteiger partial charge in [-0.15, -0.1) is 0 Å². The molecule has 0 saturated heterocycles. The molecule has 2 unspecified atom stereocenters. The van der Waals surface area contributed by atoms with Gasteiger partial charge in [-0.2, -0.15) is 4.21 Å². The number of nitrogens with two attached hydrogens (primary N) is 1. The van der Waals surface area contributed by atoms with Gasteiger partial charge in [0.25, 0.3) is 0 Å². The third-order valence-corrected chi connectivity index (χ3v) is 1.59. The second kappa shape index (κ2) is 4.27. The van der Waals surface area contributed by atoms with E-state index in [0.29, 0.717) is 5.56 Å². The van der Waals surface area contributed by atoms with Crippen LogP contribution in [0.25, 0.3) is 0 Å². The third-order valence-electron chi connectivity index (χ3n) is 1.22. The van der Waals surface area contributed by atoms with E-state index < -0.39 is 17.6 Å². The van der Waals surface area contributed by atoms with Crippen molar-refractivity contribution < 1.29 is 12.9 Å². The summed E-state index contributed by atoms with van der Waals surface area (Å²) in [6, 6.07) is 3.22. The molecule has 3 N–H and O–H groups in total. The van der Waals surface area contributed by atoms with Gasteiger partial charge in [-0.3, -0.25) is 9.54 Å². The standard InChI is InChI=1S/C6H8N2O3S/c7-6(11-12(9)10)5-1-3-8-4-2-5/h1-4,6H,7H2,(H,9,10). The van der Waals surface area contributed by atoms with Gasteiger partial charge in [-0.1, -0.05) is 0 Å². The number of nitrogens with zero attached hydrogens (tertiary/aromatic N) is 1. The number of rotatable bonds is 3. The molecule has 6 heteroatoms. The number of hydrogen-bond donors (Lipinski definition) is 2. The molecule has 0 radical (unpaired) electrons. The van der Waals surface area contributed by atoms with Gasteiger partial charge in [-0.05, 0) is 17.7 Å². The van der Waals surface area contributed by atoms with E-state index in [2.05, 4.69) is 9.17 Å². The number of aromatic nitrogens is 1. The first-order valence-corrected chi connectivity index (χ1v) is 4.17. The number of pyridine rings is 1. The Bertz CT molecular complexity index is 267. The molecule has 5 nitrogen and oxygen atoms in total. The molecule has 1 aromatic rings. The van der Waals surface area contributed by atoms with Crippen molar-refractivity contribution in [1.82, 2.24) is 4.98 Å². The summed E-state index contributed by atoms with van der Waals surface area (Å²) in [4.78, 5) is 3.76. The monoisotopic (exact) mass is 188 g/mol. The molecule has 66 valence electrons. The van der Waals surface area contributed by atoms with Crippen molar-refractivity contribution in [2.24, 2.45) is 5.73 Å². The minimum absolute atomic E-state index is 0.604. The van der Waals surface area contributed by atoms with Crippen LogP contribution in [-0.4, -0.2) is 13.7 Å². The smallest absolute Gasteiger partial charge is 0.301 e. The van der Waals surface area contributed by atoms with E-state index in [1.54, 1.807) is 12.1 Å². The summed E-state index contributed by atoms with van der Waals surface area (Å²) >= 11 is -2.34. The number of hydrogen-bond acceptors (Lipinski definition) is 4.